The van der Waals surface area contributed by atoms with Gasteiger partial charge < -0.3 is 5.32 Å². The molecule has 3 aromatic rings. The molecule has 28 heavy (non-hydrogen) atoms. The van der Waals surface area contributed by atoms with E-state index in [1.54, 1.807) is 11.5 Å². The second kappa shape index (κ2) is 8.24. The van der Waals surface area contributed by atoms with Gasteiger partial charge in [0.1, 0.15) is 6.33 Å². The largest absolute Gasteiger partial charge is 0.416 e. The van der Waals surface area contributed by atoms with Gasteiger partial charge in [-0.1, -0.05) is 41.6 Å². The number of amides is 1. The number of nitrogens with one attached hydrogen (secondary N) is 1. The summed E-state index contributed by atoms with van der Waals surface area (Å²) < 4.78 is 40.3. The first-order valence-corrected chi connectivity index (χ1v) is 9.31. The van der Waals surface area contributed by atoms with E-state index in [2.05, 4.69) is 15.5 Å². The van der Waals surface area contributed by atoms with E-state index in [1.165, 1.54) is 6.33 Å². The fraction of sp³-hybridized carbons (Fsp3) is 0.167. The van der Waals surface area contributed by atoms with Gasteiger partial charge in [-0.15, -0.1) is 10.2 Å². The van der Waals surface area contributed by atoms with E-state index in [9.17, 15) is 18.0 Å². The number of hydrogen-bond donors (Lipinski definition) is 1. The molecule has 0 saturated carbocycles. The lowest BCUT2D eigenvalue weighted by Crippen LogP contribution is -2.23. The van der Waals surface area contributed by atoms with Crippen LogP contribution < -0.4 is 5.32 Å². The van der Waals surface area contributed by atoms with Crippen molar-refractivity contribution in [2.24, 2.45) is 0 Å². The van der Waals surface area contributed by atoms with Crippen molar-refractivity contribution in [3.05, 3.63) is 65.4 Å². The Bertz CT molecular complexity index is 978. The van der Waals surface area contributed by atoms with Crippen molar-refractivity contribution in [3.63, 3.8) is 0 Å². The molecule has 0 spiro atoms. The zero-order chi connectivity index (χ0) is 20.3. The average Bonchev–Trinajstić information content (AvgIpc) is 3.11. The van der Waals surface area contributed by atoms with Crippen LogP contribution in [0.3, 0.4) is 0 Å². The first kappa shape index (κ1) is 20.2. The number of alkyl halides is 3. The minimum Gasteiger partial charge on any atom is -0.324 e. The van der Waals surface area contributed by atoms with Crippen LogP contribution in [0.15, 0.2) is 60.0 Å². The minimum absolute atomic E-state index is 0.0194. The van der Waals surface area contributed by atoms with Gasteiger partial charge >= 0.3 is 6.18 Å². The van der Waals surface area contributed by atoms with Crippen LogP contribution in [0.1, 0.15) is 12.5 Å². The molecule has 5 nitrogen and oxygen atoms in total. The predicted molar refractivity (Wildman–Crippen MR) is 102 cm³/mol. The molecule has 0 unspecified atom stereocenters. The lowest BCUT2D eigenvalue weighted by atomic mass is 10.2. The number of rotatable bonds is 5. The van der Waals surface area contributed by atoms with Crippen molar-refractivity contribution < 1.29 is 18.0 Å². The topological polar surface area (TPSA) is 59.8 Å². The summed E-state index contributed by atoms with van der Waals surface area (Å²) in [5.41, 5.74) is -0.168. The maximum Gasteiger partial charge on any atom is 0.416 e. The van der Waals surface area contributed by atoms with Crippen LogP contribution in [-0.2, 0) is 11.0 Å². The van der Waals surface area contributed by atoms with E-state index in [0.29, 0.717) is 5.16 Å². The Morgan fingerprint density at radius 1 is 1.21 bits per heavy atom. The van der Waals surface area contributed by atoms with Crippen LogP contribution in [0.25, 0.3) is 5.69 Å². The third kappa shape index (κ3) is 4.66. The molecule has 1 aromatic heterocycles. The molecule has 0 aliphatic carbocycles. The molecule has 0 saturated heterocycles. The van der Waals surface area contributed by atoms with Gasteiger partial charge in [0.25, 0.3) is 0 Å². The molecule has 1 N–H and O–H groups in total. The van der Waals surface area contributed by atoms with Gasteiger partial charge in [-0.2, -0.15) is 13.2 Å². The number of para-hydroxylation sites is 1. The third-order valence-corrected chi connectivity index (χ3v) is 5.14. The first-order valence-electron chi connectivity index (χ1n) is 8.05. The summed E-state index contributed by atoms with van der Waals surface area (Å²) in [6.45, 7) is 1.62. The number of thioether (sulfide) groups is 1. The summed E-state index contributed by atoms with van der Waals surface area (Å²) in [4.78, 5) is 12.5. The van der Waals surface area contributed by atoms with Gasteiger partial charge in [0, 0.05) is 5.69 Å². The highest BCUT2D eigenvalue weighted by molar-refractivity contribution is 8.00. The summed E-state index contributed by atoms with van der Waals surface area (Å²) >= 11 is 7.05. The van der Waals surface area contributed by atoms with E-state index < -0.39 is 22.9 Å². The molecular weight excluding hydrogens is 413 g/mol. The SMILES string of the molecule is C[C@H](Sc1nncn1-c1ccccc1)C(=O)Nc1cc(C(F)(F)F)ccc1Cl. The Morgan fingerprint density at radius 2 is 1.93 bits per heavy atom. The quantitative estimate of drug-likeness (QED) is 0.579. The summed E-state index contributed by atoms with van der Waals surface area (Å²) in [7, 11) is 0. The molecule has 146 valence electrons. The fourth-order valence-corrected chi connectivity index (χ4v) is 3.32. The number of benzene rings is 2. The number of carbonyl (C=O) groups excluding carboxylic acids is 1. The van der Waals surface area contributed by atoms with E-state index in [-0.39, 0.29) is 10.7 Å². The smallest absolute Gasteiger partial charge is 0.324 e. The number of aromatic nitrogens is 3. The van der Waals surface area contributed by atoms with Crippen LogP contribution in [-0.4, -0.2) is 25.9 Å². The molecule has 1 heterocycles. The summed E-state index contributed by atoms with van der Waals surface area (Å²) in [6, 6.07) is 12.1. The minimum atomic E-state index is -4.53. The molecule has 0 radical (unpaired) electrons. The third-order valence-electron chi connectivity index (χ3n) is 3.75. The maximum atomic E-state index is 12.9. The Balaban J connectivity index is 1.74. The number of carbonyl (C=O) groups is 1. The summed E-state index contributed by atoms with van der Waals surface area (Å²) in [6.07, 6.45) is -3.01. The maximum absolute atomic E-state index is 12.9. The van der Waals surface area contributed by atoms with Gasteiger partial charge in [-0.05, 0) is 37.3 Å². The highest BCUT2D eigenvalue weighted by Crippen LogP contribution is 2.34. The molecule has 1 atom stereocenters. The molecule has 0 bridgehead atoms. The Labute approximate surface area is 167 Å². The molecule has 0 aliphatic heterocycles. The van der Waals surface area contributed by atoms with Crippen LogP contribution in [0.5, 0.6) is 0 Å². The lowest BCUT2D eigenvalue weighted by molar-refractivity contribution is -0.137. The van der Waals surface area contributed by atoms with E-state index >= 15 is 0 Å². The highest BCUT2D eigenvalue weighted by atomic mass is 35.5. The Hall–Kier alpha value is -2.52. The van der Waals surface area contributed by atoms with Crippen molar-refractivity contribution >= 4 is 35.0 Å². The Kier molecular flexibility index (Phi) is 5.95. The van der Waals surface area contributed by atoms with Crippen LogP contribution in [0.2, 0.25) is 5.02 Å². The normalized spacial score (nSPS) is 12.6. The van der Waals surface area contributed by atoms with Crippen molar-refractivity contribution in [2.75, 3.05) is 5.32 Å². The molecule has 0 fully saturated rings. The zero-order valence-electron chi connectivity index (χ0n) is 14.4. The van der Waals surface area contributed by atoms with Crippen molar-refractivity contribution in [1.82, 2.24) is 14.8 Å². The molecule has 2 aromatic carbocycles. The van der Waals surface area contributed by atoms with Crippen molar-refractivity contribution in [2.45, 2.75) is 23.5 Å². The molecule has 1 amide bonds. The van der Waals surface area contributed by atoms with Gasteiger partial charge in [0.2, 0.25) is 5.91 Å². The molecule has 3 rings (SSSR count). The van der Waals surface area contributed by atoms with Gasteiger partial charge in [0.05, 0.1) is 21.5 Å². The number of hydrogen-bond acceptors (Lipinski definition) is 4. The number of nitrogens with zero attached hydrogens (tertiary/aromatic N) is 3. The second-order valence-corrected chi connectivity index (χ2v) is 7.48. The van der Waals surface area contributed by atoms with Crippen LogP contribution in [0, 0.1) is 0 Å². The number of halogens is 4. The monoisotopic (exact) mass is 426 g/mol. The predicted octanol–water partition coefficient (Wildman–Crippen LogP) is 5.06. The van der Waals surface area contributed by atoms with Crippen molar-refractivity contribution in [3.8, 4) is 5.69 Å². The molecule has 10 heteroatoms. The highest BCUT2D eigenvalue weighted by Gasteiger charge is 2.31. The van der Waals surface area contributed by atoms with E-state index in [1.807, 2.05) is 30.3 Å². The summed E-state index contributed by atoms with van der Waals surface area (Å²) in [5.74, 6) is -0.506. The van der Waals surface area contributed by atoms with Crippen LogP contribution >= 0.6 is 23.4 Å². The first-order chi connectivity index (χ1) is 13.3. The van der Waals surface area contributed by atoms with Crippen molar-refractivity contribution in [1.29, 1.82) is 0 Å². The standard InChI is InChI=1S/C18H14ClF3N4OS/c1-11(28-17-25-23-10-26(17)13-5-3-2-4-6-13)16(27)24-15-9-12(18(20,21)22)7-8-14(15)19/h2-11H,1H3,(H,24,27)/t11-/m0/s1. The zero-order valence-corrected chi connectivity index (χ0v) is 16.0. The lowest BCUT2D eigenvalue weighted by Gasteiger charge is -2.15. The van der Waals surface area contributed by atoms with Crippen LogP contribution in [0.4, 0.5) is 18.9 Å². The molecular formula is C18H14ClF3N4OS. The molecule has 0 aliphatic rings. The average molecular weight is 427 g/mol. The van der Waals surface area contributed by atoms with Gasteiger partial charge in [0.15, 0.2) is 5.16 Å². The number of anilines is 1. The summed E-state index contributed by atoms with van der Waals surface area (Å²) in [5, 5.41) is 10.2. The van der Waals surface area contributed by atoms with E-state index in [4.69, 9.17) is 11.6 Å². The van der Waals surface area contributed by atoms with Gasteiger partial charge in [-0.3, -0.25) is 9.36 Å². The van der Waals surface area contributed by atoms with Gasteiger partial charge in [-0.25, -0.2) is 0 Å². The fourth-order valence-electron chi connectivity index (χ4n) is 2.31. The second-order valence-electron chi connectivity index (χ2n) is 5.76. The Morgan fingerprint density at radius 3 is 2.61 bits per heavy atom. The van der Waals surface area contributed by atoms with E-state index in [0.717, 1.165) is 35.6 Å².